The lowest BCUT2D eigenvalue weighted by atomic mass is 10.0. The summed E-state index contributed by atoms with van der Waals surface area (Å²) >= 11 is 0. The van der Waals surface area contributed by atoms with Crippen LogP contribution in [0.25, 0.3) is 0 Å². The third-order valence-corrected chi connectivity index (χ3v) is 15.4. The molecule has 454 valence electrons. The molecule has 0 aromatic carbocycles. The summed E-state index contributed by atoms with van der Waals surface area (Å²) < 4.78 is 30.4. The molecule has 0 aliphatic carbocycles. The van der Waals surface area contributed by atoms with E-state index in [9.17, 15) is 19.0 Å². The number of amides is 1. The number of ether oxygens (including phenoxy) is 1. The fraction of sp³-hybridized carbons (Fsp3) is 0.794. The number of likely N-dealkylation sites (N-methyl/N-ethyl adjacent to an activating group) is 1. The summed E-state index contributed by atoms with van der Waals surface area (Å²) in [5.74, 6) is -0.540. The SMILES string of the molecule is CC/C=C\C/C=C\C/C=C\C/C=C\C/C=C\CCCCCCCCCCCC(=O)OC(/C=C/CCCCCCCCCCCC)C(COP(=O)([O-])OCC[N+](C)(C)C)NC(=O)CCCCCCCCCCCCCCCCC. The maximum Gasteiger partial charge on any atom is 0.306 e. The fourth-order valence-corrected chi connectivity index (χ4v) is 10.1. The van der Waals surface area contributed by atoms with Crippen molar-refractivity contribution in [3.63, 3.8) is 0 Å². The molecule has 1 N–H and O–H groups in total. The lowest BCUT2D eigenvalue weighted by molar-refractivity contribution is -0.870. The molecule has 0 aliphatic rings. The number of phosphoric acid groups is 1. The number of quaternary nitrogens is 1. The molecule has 0 aromatic rings. The standard InChI is InChI=1S/C68H125N2O7P/c1-7-10-13-16-19-22-25-28-30-31-32-33-34-35-36-37-38-39-41-43-46-49-52-55-58-61-68(72)77-66(59-56-53-50-47-44-27-24-21-18-15-12-9-3)65(64-76-78(73,74)75-63-62-70(4,5)6)69-67(71)60-57-54-51-48-45-42-40-29-26-23-20-17-14-11-8-2/h10,13,19,22,28,30,32-33,35-36,56,59,65-66H,7-9,11-12,14-18,20-21,23-27,29,31,34,37-55,57-58,60-64H2,1-6H3,(H-,69,71,73,74)/b13-10-,22-19-,30-28-,33-32-,36-35-,59-56+. The van der Waals surface area contributed by atoms with Gasteiger partial charge in [-0.2, -0.15) is 0 Å². The van der Waals surface area contributed by atoms with Crippen LogP contribution in [-0.4, -0.2) is 69.4 Å². The van der Waals surface area contributed by atoms with E-state index in [0.29, 0.717) is 17.4 Å². The lowest BCUT2D eigenvalue weighted by Gasteiger charge is -2.30. The van der Waals surface area contributed by atoms with Gasteiger partial charge in [0.25, 0.3) is 7.82 Å². The molecule has 0 bridgehead atoms. The van der Waals surface area contributed by atoms with E-state index in [1.165, 1.54) is 161 Å². The molecule has 0 heterocycles. The van der Waals surface area contributed by atoms with Gasteiger partial charge in [0.2, 0.25) is 5.91 Å². The van der Waals surface area contributed by atoms with Crippen LogP contribution in [0.15, 0.2) is 72.9 Å². The van der Waals surface area contributed by atoms with Gasteiger partial charge in [0.05, 0.1) is 33.8 Å². The van der Waals surface area contributed by atoms with Gasteiger partial charge in [-0.1, -0.05) is 280 Å². The predicted octanol–water partition coefficient (Wildman–Crippen LogP) is 19.8. The molecule has 10 heteroatoms. The Bertz CT molecular complexity index is 1570. The quantitative estimate of drug-likeness (QED) is 0.0212. The summed E-state index contributed by atoms with van der Waals surface area (Å²) in [7, 11) is 1.18. The first kappa shape index (κ1) is 75.5. The normalized spacial score (nSPS) is 14.1. The lowest BCUT2D eigenvalue weighted by Crippen LogP contribution is -2.47. The third kappa shape index (κ3) is 58.1. The first-order valence-corrected chi connectivity index (χ1v) is 34.2. The minimum Gasteiger partial charge on any atom is -0.756 e. The van der Waals surface area contributed by atoms with Crippen molar-refractivity contribution in [3.8, 4) is 0 Å². The van der Waals surface area contributed by atoms with Crippen LogP contribution >= 0.6 is 7.82 Å². The van der Waals surface area contributed by atoms with E-state index >= 15 is 0 Å². The Hall–Kier alpha value is -2.55. The van der Waals surface area contributed by atoms with Gasteiger partial charge in [-0.15, -0.1) is 0 Å². The van der Waals surface area contributed by atoms with E-state index in [0.717, 1.165) is 103 Å². The largest absolute Gasteiger partial charge is 0.756 e. The van der Waals surface area contributed by atoms with Crippen molar-refractivity contribution in [1.29, 1.82) is 0 Å². The van der Waals surface area contributed by atoms with Crippen molar-refractivity contribution in [2.24, 2.45) is 0 Å². The number of hydrogen-bond acceptors (Lipinski definition) is 7. The van der Waals surface area contributed by atoms with Gasteiger partial charge in [-0.05, 0) is 76.7 Å². The number of carbonyl (C=O) groups is 2. The second kappa shape index (κ2) is 57.7. The van der Waals surface area contributed by atoms with Crippen LogP contribution in [0.4, 0.5) is 0 Å². The maximum absolute atomic E-state index is 13.5. The molecular formula is C68H125N2O7P. The van der Waals surface area contributed by atoms with Gasteiger partial charge in [0.15, 0.2) is 0 Å². The zero-order valence-electron chi connectivity index (χ0n) is 51.9. The van der Waals surface area contributed by atoms with Gasteiger partial charge in [-0.25, -0.2) is 0 Å². The summed E-state index contributed by atoms with van der Waals surface area (Å²) in [6.07, 6.45) is 74.4. The highest BCUT2D eigenvalue weighted by Crippen LogP contribution is 2.38. The van der Waals surface area contributed by atoms with Crippen molar-refractivity contribution in [2.45, 2.75) is 309 Å². The topological polar surface area (TPSA) is 114 Å². The molecular weight excluding hydrogens is 988 g/mol. The van der Waals surface area contributed by atoms with Crippen LogP contribution < -0.4 is 10.2 Å². The number of esters is 1. The van der Waals surface area contributed by atoms with E-state index in [2.05, 4.69) is 86.8 Å². The second-order valence-corrected chi connectivity index (χ2v) is 24.7. The van der Waals surface area contributed by atoms with Gasteiger partial charge in [0, 0.05) is 12.8 Å². The van der Waals surface area contributed by atoms with E-state index in [4.69, 9.17) is 13.8 Å². The molecule has 9 nitrogen and oxygen atoms in total. The second-order valence-electron chi connectivity index (χ2n) is 23.2. The zero-order chi connectivity index (χ0) is 57.2. The Kier molecular flexibility index (Phi) is 55.8. The molecule has 1 amide bonds. The zero-order valence-corrected chi connectivity index (χ0v) is 52.8. The predicted molar refractivity (Wildman–Crippen MR) is 335 cm³/mol. The molecule has 0 aromatic heterocycles. The number of unbranched alkanes of at least 4 members (excludes halogenated alkanes) is 33. The van der Waals surface area contributed by atoms with E-state index in [1.807, 2.05) is 33.3 Å². The molecule has 3 unspecified atom stereocenters. The van der Waals surface area contributed by atoms with Crippen LogP contribution in [0.1, 0.15) is 297 Å². The van der Waals surface area contributed by atoms with Crippen molar-refractivity contribution in [3.05, 3.63) is 72.9 Å². The van der Waals surface area contributed by atoms with Crippen molar-refractivity contribution >= 4 is 19.7 Å². The summed E-state index contributed by atoms with van der Waals surface area (Å²) in [5.41, 5.74) is 0. The summed E-state index contributed by atoms with van der Waals surface area (Å²) in [4.78, 5) is 40.0. The van der Waals surface area contributed by atoms with Gasteiger partial charge in [0.1, 0.15) is 19.3 Å². The highest BCUT2D eigenvalue weighted by molar-refractivity contribution is 7.45. The number of nitrogens with one attached hydrogen (secondary N) is 1. The van der Waals surface area contributed by atoms with Crippen LogP contribution in [0.5, 0.6) is 0 Å². The maximum atomic E-state index is 13.5. The van der Waals surface area contributed by atoms with Crippen LogP contribution in [-0.2, 0) is 27.9 Å². The summed E-state index contributed by atoms with van der Waals surface area (Å²) in [5, 5.41) is 3.03. The number of allylic oxidation sites excluding steroid dienone is 11. The van der Waals surface area contributed by atoms with E-state index in [1.54, 1.807) is 0 Å². The molecule has 0 radical (unpaired) electrons. The first-order valence-electron chi connectivity index (χ1n) is 32.7. The summed E-state index contributed by atoms with van der Waals surface area (Å²) in [6, 6.07) is -0.891. The minimum absolute atomic E-state index is 0.0237. The van der Waals surface area contributed by atoms with Crippen LogP contribution in [0.3, 0.4) is 0 Å². The monoisotopic (exact) mass is 1110 g/mol. The van der Waals surface area contributed by atoms with Crippen LogP contribution in [0, 0.1) is 0 Å². The molecule has 0 aliphatic heterocycles. The Morgan fingerprint density at radius 2 is 0.821 bits per heavy atom. The Labute approximate surface area is 483 Å². The number of carbonyl (C=O) groups excluding carboxylic acids is 2. The third-order valence-electron chi connectivity index (χ3n) is 14.4. The van der Waals surface area contributed by atoms with E-state index in [-0.39, 0.29) is 31.5 Å². The highest BCUT2D eigenvalue weighted by Gasteiger charge is 2.27. The fourth-order valence-electron chi connectivity index (χ4n) is 9.37. The molecule has 0 rings (SSSR count). The average Bonchev–Trinajstić information content (AvgIpc) is 3.40. The summed E-state index contributed by atoms with van der Waals surface area (Å²) in [6.45, 7) is 6.75. The average molecular weight is 1110 g/mol. The van der Waals surface area contributed by atoms with Gasteiger partial charge < -0.3 is 28.5 Å². The highest BCUT2D eigenvalue weighted by atomic mass is 31.2. The number of phosphoric ester groups is 1. The molecule has 78 heavy (non-hydrogen) atoms. The van der Waals surface area contributed by atoms with Crippen molar-refractivity contribution in [2.75, 3.05) is 40.9 Å². The number of rotatable bonds is 59. The number of hydrogen-bond donors (Lipinski definition) is 1. The van der Waals surface area contributed by atoms with Crippen LogP contribution in [0.2, 0.25) is 0 Å². The molecule has 0 saturated heterocycles. The van der Waals surface area contributed by atoms with Gasteiger partial charge >= 0.3 is 5.97 Å². The van der Waals surface area contributed by atoms with Gasteiger partial charge in [-0.3, -0.25) is 14.2 Å². The number of nitrogens with zero attached hydrogens (tertiary/aromatic N) is 1. The van der Waals surface area contributed by atoms with Crippen molar-refractivity contribution in [1.82, 2.24) is 5.32 Å². The molecule has 0 fully saturated rings. The molecule has 0 spiro atoms. The first-order chi connectivity index (χ1) is 37.9. The molecule has 3 atom stereocenters. The molecule has 0 saturated carbocycles. The smallest absolute Gasteiger partial charge is 0.306 e. The minimum atomic E-state index is -4.70. The van der Waals surface area contributed by atoms with Crippen molar-refractivity contribution < 1.29 is 37.3 Å². The Morgan fingerprint density at radius 3 is 1.23 bits per heavy atom. The Morgan fingerprint density at radius 1 is 0.462 bits per heavy atom. The van der Waals surface area contributed by atoms with E-state index < -0.39 is 20.0 Å². The Balaban J connectivity index is 5.13.